The van der Waals surface area contributed by atoms with E-state index in [9.17, 15) is 14.4 Å². The predicted octanol–water partition coefficient (Wildman–Crippen LogP) is 5.83. The number of hydrogen-bond donors (Lipinski definition) is 2. The molecule has 1 rings (SSSR count). The third-order valence-electron chi connectivity index (χ3n) is 6.41. The standard InChI is InChI=1S/C29H49N3O4/c1-11-13-14-17-30-26(33)25(23-16-15-21(6)22(7)18-23)32(19(3)4)27(34)24(20(5)12-2)31-28(35)36-29(8,9)10/h15-16,18-20,24-25H,11-14,17H2,1-10H3,(H,30,33)(H,31,35). The minimum atomic E-state index is -0.825. The van der Waals surface area contributed by atoms with Crippen LogP contribution in [0.3, 0.4) is 0 Å². The molecule has 7 nitrogen and oxygen atoms in total. The van der Waals surface area contributed by atoms with Crippen molar-refractivity contribution in [1.82, 2.24) is 15.5 Å². The Morgan fingerprint density at radius 1 is 1.00 bits per heavy atom. The Hall–Kier alpha value is -2.57. The van der Waals surface area contributed by atoms with E-state index in [1.54, 1.807) is 25.7 Å². The molecule has 1 aromatic rings. The lowest BCUT2D eigenvalue weighted by molar-refractivity contribution is -0.145. The van der Waals surface area contributed by atoms with Gasteiger partial charge in [0.1, 0.15) is 17.7 Å². The lowest BCUT2D eigenvalue weighted by Gasteiger charge is -2.38. The highest BCUT2D eigenvalue weighted by atomic mass is 16.6. The predicted molar refractivity (Wildman–Crippen MR) is 146 cm³/mol. The molecule has 0 spiro atoms. The molecule has 3 atom stereocenters. The first-order valence-corrected chi connectivity index (χ1v) is 13.4. The normalized spacial score (nSPS) is 14.1. The van der Waals surface area contributed by atoms with Crippen LogP contribution in [0.25, 0.3) is 0 Å². The van der Waals surface area contributed by atoms with Crippen LogP contribution in [0.4, 0.5) is 4.79 Å². The highest BCUT2D eigenvalue weighted by Crippen LogP contribution is 2.28. The van der Waals surface area contributed by atoms with E-state index in [0.717, 1.165) is 36.0 Å². The van der Waals surface area contributed by atoms with Crippen LogP contribution in [-0.2, 0) is 14.3 Å². The molecule has 0 saturated heterocycles. The summed E-state index contributed by atoms with van der Waals surface area (Å²) in [5.74, 6) is -0.659. The molecule has 0 fully saturated rings. The van der Waals surface area contributed by atoms with Crippen molar-refractivity contribution in [1.29, 1.82) is 0 Å². The third-order valence-corrected chi connectivity index (χ3v) is 6.41. The van der Waals surface area contributed by atoms with Crippen molar-refractivity contribution < 1.29 is 19.1 Å². The van der Waals surface area contributed by atoms with Crippen LogP contribution in [-0.4, -0.2) is 47.0 Å². The maximum absolute atomic E-state index is 14.1. The summed E-state index contributed by atoms with van der Waals surface area (Å²) in [5.41, 5.74) is 2.24. The number of carbonyl (C=O) groups is 3. The van der Waals surface area contributed by atoms with Crippen molar-refractivity contribution in [3.05, 3.63) is 34.9 Å². The smallest absolute Gasteiger partial charge is 0.408 e. The minimum Gasteiger partial charge on any atom is -0.444 e. The summed E-state index contributed by atoms with van der Waals surface area (Å²) in [6.45, 7) is 19.7. The number of nitrogens with one attached hydrogen (secondary N) is 2. The summed E-state index contributed by atoms with van der Waals surface area (Å²) in [7, 11) is 0. The van der Waals surface area contributed by atoms with Gasteiger partial charge in [-0.2, -0.15) is 0 Å². The molecule has 0 heterocycles. The number of benzene rings is 1. The number of rotatable bonds is 12. The molecule has 7 heteroatoms. The van der Waals surface area contributed by atoms with Crippen molar-refractivity contribution in [2.45, 2.75) is 119 Å². The molecule has 0 aliphatic rings. The highest BCUT2D eigenvalue weighted by Gasteiger charge is 2.39. The lowest BCUT2D eigenvalue weighted by Crippen LogP contribution is -2.57. The maximum Gasteiger partial charge on any atom is 0.408 e. The number of unbranched alkanes of at least 4 members (excludes halogenated alkanes) is 2. The van der Waals surface area contributed by atoms with E-state index in [4.69, 9.17) is 4.74 Å². The molecule has 3 amide bonds. The zero-order valence-corrected chi connectivity index (χ0v) is 24.2. The van der Waals surface area contributed by atoms with Crippen LogP contribution in [0.1, 0.15) is 104 Å². The summed E-state index contributed by atoms with van der Waals surface area (Å²) in [6, 6.07) is 3.96. The van der Waals surface area contributed by atoms with Gasteiger partial charge >= 0.3 is 6.09 Å². The molecule has 0 bridgehead atoms. The first kappa shape index (κ1) is 31.5. The fourth-order valence-electron chi connectivity index (χ4n) is 4.01. The van der Waals surface area contributed by atoms with E-state index >= 15 is 0 Å². The summed E-state index contributed by atoms with van der Waals surface area (Å²) < 4.78 is 5.45. The fourth-order valence-corrected chi connectivity index (χ4v) is 4.01. The SMILES string of the molecule is CCCCCNC(=O)C(c1ccc(C)c(C)c1)N(C(=O)C(NC(=O)OC(C)(C)C)C(C)CC)C(C)C. The van der Waals surface area contributed by atoms with Crippen LogP contribution in [0.5, 0.6) is 0 Å². The van der Waals surface area contributed by atoms with Crippen LogP contribution >= 0.6 is 0 Å². The van der Waals surface area contributed by atoms with Crippen molar-refractivity contribution in [2.24, 2.45) is 5.92 Å². The molecule has 0 saturated carbocycles. The van der Waals surface area contributed by atoms with Gasteiger partial charge in [0.2, 0.25) is 11.8 Å². The molecule has 0 aromatic heterocycles. The van der Waals surface area contributed by atoms with Crippen LogP contribution in [0, 0.1) is 19.8 Å². The van der Waals surface area contributed by atoms with Gasteiger partial charge in [-0.1, -0.05) is 58.2 Å². The Labute approximate surface area is 218 Å². The average Bonchev–Trinajstić information content (AvgIpc) is 2.78. The van der Waals surface area contributed by atoms with Crippen molar-refractivity contribution in [3.8, 4) is 0 Å². The van der Waals surface area contributed by atoms with Crippen LogP contribution < -0.4 is 10.6 Å². The molecule has 3 unspecified atom stereocenters. The quantitative estimate of drug-likeness (QED) is 0.352. The van der Waals surface area contributed by atoms with E-state index < -0.39 is 23.8 Å². The number of carbonyl (C=O) groups excluding carboxylic acids is 3. The second-order valence-electron chi connectivity index (χ2n) is 11.1. The van der Waals surface area contributed by atoms with E-state index in [2.05, 4.69) is 17.6 Å². The molecule has 204 valence electrons. The first-order valence-electron chi connectivity index (χ1n) is 13.4. The van der Waals surface area contributed by atoms with Gasteiger partial charge in [-0.05, 0) is 77.5 Å². The Kier molecular flexibility index (Phi) is 12.4. The fraction of sp³-hybridized carbons (Fsp3) is 0.690. The number of ether oxygens (including phenoxy) is 1. The summed E-state index contributed by atoms with van der Waals surface area (Å²) in [5, 5.41) is 5.85. The molecule has 0 radical (unpaired) electrons. The number of nitrogens with zero attached hydrogens (tertiary/aromatic N) is 1. The van der Waals surface area contributed by atoms with Gasteiger partial charge in [0.25, 0.3) is 0 Å². The zero-order chi connectivity index (χ0) is 27.6. The number of amides is 3. The Morgan fingerprint density at radius 2 is 1.64 bits per heavy atom. The molecular weight excluding hydrogens is 454 g/mol. The molecule has 0 aliphatic heterocycles. The minimum absolute atomic E-state index is 0.153. The second kappa shape index (κ2) is 14.2. The molecule has 2 N–H and O–H groups in total. The van der Waals surface area contributed by atoms with Gasteiger partial charge in [-0.25, -0.2) is 4.79 Å². The summed E-state index contributed by atoms with van der Waals surface area (Å²) in [6.07, 6.45) is 3.00. The highest BCUT2D eigenvalue weighted by molar-refractivity contribution is 5.92. The Morgan fingerprint density at radius 3 is 2.14 bits per heavy atom. The van der Waals surface area contributed by atoms with Gasteiger partial charge in [0.15, 0.2) is 0 Å². The Balaban J connectivity index is 3.46. The number of aryl methyl sites for hydroxylation is 2. The van der Waals surface area contributed by atoms with Crippen molar-refractivity contribution in [2.75, 3.05) is 6.54 Å². The Bertz CT molecular complexity index is 876. The van der Waals surface area contributed by atoms with Crippen molar-refractivity contribution in [3.63, 3.8) is 0 Å². The number of alkyl carbamates (subject to hydrolysis) is 1. The average molecular weight is 504 g/mol. The van der Waals surface area contributed by atoms with Gasteiger partial charge in [-0.15, -0.1) is 0 Å². The first-order chi connectivity index (χ1) is 16.7. The van der Waals surface area contributed by atoms with E-state index in [1.807, 2.05) is 59.7 Å². The van der Waals surface area contributed by atoms with Gasteiger partial charge in [-0.3, -0.25) is 9.59 Å². The van der Waals surface area contributed by atoms with Gasteiger partial charge in [0, 0.05) is 12.6 Å². The molecule has 1 aromatic carbocycles. The van der Waals surface area contributed by atoms with Gasteiger partial charge < -0.3 is 20.3 Å². The summed E-state index contributed by atoms with van der Waals surface area (Å²) >= 11 is 0. The van der Waals surface area contributed by atoms with Crippen LogP contribution in [0.2, 0.25) is 0 Å². The van der Waals surface area contributed by atoms with Gasteiger partial charge in [0.05, 0.1) is 0 Å². The van der Waals surface area contributed by atoms with E-state index in [-0.39, 0.29) is 23.8 Å². The van der Waals surface area contributed by atoms with Crippen molar-refractivity contribution >= 4 is 17.9 Å². The second-order valence-corrected chi connectivity index (χ2v) is 11.1. The van der Waals surface area contributed by atoms with Crippen LogP contribution in [0.15, 0.2) is 18.2 Å². The monoisotopic (exact) mass is 503 g/mol. The molecule has 36 heavy (non-hydrogen) atoms. The maximum atomic E-state index is 14.1. The number of hydrogen-bond acceptors (Lipinski definition) is 4. The largest absolute Gasteiger partial charge is 0.444 e. The topological polar surface area (TPSA) is 87.7 Å². The molecule has 0 aliphatic carbocycles. The van der Waals surface area contributed by atoms with E-state index in [0.29, 0.717) is 13.0 Å². The molecular formula is C29H49N3O4. The summed E-state index contributed by atoms with van der Waals surface area (Å²) in [4.78, 5) is 42.0. The van der Waals surface area contributed by atoms with E-state index in [1.165, 1.54) is 0 Å². The lowest BCUT2D eigenvalue weighted by atomic mass is 9.94. The zero-order valence-electron chi connectivity index (χ0n) is 24.2. The third kappa shape index (κ3) is 9.47.